The lowest BCUT2D eigenvalue weighted by atomic mass is 10.2. The van der Waals surface area contributed by atoms with Crippen LogP contribution in [0.1, 0.15) is 22.5 Å². The lowest BCUT2D eigenvalue weighted by molar-refractivity contribution is 0.0950. The van der Waals surface area contributed by atoms with E-state index in [-0.39, 0.29) is 18.2 Å². The van der Waals surface area contributed by atoms with E-state index >= 15 is 0 Å². The molecule has 0 spiro atoms. The first-order valence-electron chi connectivity index (χ1n) is 10.4. The third-order valence-corrected chi connectivity index (χ3v) is 7.51. The van der Waals surface area contributed by atoms with Crippen LogP contribution in [-0.4, -0.2) is 67.3 Å². The molecule has 0 saturated carbocycles. The van der Waals surface area contributed by atoms with Gasteiger partial charge >= 0.3 is 0 Å². The molecule has 0 atom stereocenters. The van der Waals surface area contributed by atoms with Crippen LogP contribution in [0, 0.1) is 6.92 Å². The Bertz CT molecular complexity index is 1170. The predicted octanol–water partition coefficient (Wildman–Crippen LogP) is 2.14. The average molecular weight is 442 g/mol. The molecular weight excluding hydrogens is 414 g/mol. The van der Waals surface area contributed by atoms with Crippen molar-refractivity contribution in [1.82, 2.24) is 19.8 Å². The van der Waals surface area contributed by atoms with Crippen LogP contribution in [-0.2, 0) is 10.0 Å². The van der Waals surface area contributed by atoms with Gasteiger partial charge in [0.1, 0.15) is 0 Å². The largest absolute Gasteiger partial charge is 0.369 e. The van der Waals surface area contributed by atoms with Crippen molar-refractivity contribution in [2.45, 2.75) is 13.3 Å². The van der Waals surface area contributed by atoms with Crippen molar-refractivity contribution in [3.8, 4) is 0 Å². The molecule has 0 bridgehead atoms. The third-order valence-electron chi connectivity index (χ3n) is 5.55. The number of amides is 1. The summed E-state index contributed by atoms with van der Waals surface area (Å²) in [5.74, 6) is -0.291. The van der Waals surface area contributed by atoms with Crippen LogP contribution in [0.5, 0.6) is 0 Å². The fraction of sp³-hybridized carbons (Fsp3) is 0.364. The van der Waals surface area contributed by atoms with E-state index in [0.717, 1.165) is 16.6 Å². The number of sulfonamides is 1. The summed E-state index contributed by atoms with van der Waals surface area (Å²) in [6.07, 6.45) is 0.356. The van der Waals surface area contributed by atoms with Crippen LogP contribution in [0.3, 0.4) is 0 Å². The number of hydrogen-bond donors (Lipinski definition) is 2. The summed E-state index contributed by atoms with van der Waals surface area (Å²) in [6, 6.07) is 15.6. The van der Waals surface area contributed by atoms with Crippen molar-refractivity contribution >= 4 is 32.5 Å². The van der Waals surface area contributed by atoms with Gasteiger partial charge in [-0.05, 0) is 37.1 Å². The molecule has 8 nitrogen and oxygen atoms in total. The fourth-order valence-corrected chi connectivity index (χ4v) is 5.34. The maximum atomic E-state index is 12.7. The minimum absolute atomic E-state index is 0.0129. The number of aryl methyl sites for hydroxylation is 1. The van der Waals surface area contributed by atoms with Crippen molar-refractivity contribution < 1.29 is 13.2 Å². The molecule has 1 amide bonds. The number of carbonyl (C=O) groups is 1. The summed E-state index contributed by atoms with van der Waals surface area (Å²) in [7, 11) is -3.35. The van der Waals surface area contributed by atoms with Gasteiger partial charge in [-0.3, -0.25) is 9.89 Å². The molecule has 1 aromatic heterocycles. The molecule has 1 aliphatic rings. The smallest absolute Gasteiger partial charge is 0.272 e. The summed E-state index contributed by atoms with van der Waals surface area (Å²) in [6.45, 7) is 4.63. The maximum absolute atomic E-state index is 12.7. The highest BCUT2D eigenvalue weighted by Crippen LogP contribution is 2.19. The van der Waals surface area contributed by atoms with Gasteiger partial charge in [-0.2, -0.15) is 9.40 Å². The summed E-state index contributed by atoms with van der Waals surface area (Å²) in [5.41, 5.74) is 3.44. The average Bonchev–Trinajstić information content (AvgIpc) is 3.21. The molecule has 0 radical (unpaired) electrons. The molecule has 9 heteroatoms. The van der Waals surface area contributed by atoms with Gasteiger partial charge in [-0.15, -0.1) is 0 Å². The van der Waals surface area contributed by atoms with Crippen molar-refractivity contribution in [2.75, 3.05) is 43.4 Å². The molecule has 2 aromatic carbocycles. The van der Waals surface area contributed by atoms with Gasteiger partial charge in [0.05, 0.1) is 11.3 Å². The van der Waals surface area contributed by atoms with Crippen LogP contribution in [0.4, 0.5) is 5.69 Å². The number of aromatic amines is 1. The zero-order valence-electron chi connectivity index (χ0n) is 17.5. The number of rotatable bonds is 7. The molecule has 164 valence electrons. The van der Waals surface area contributed by atoms with E-state index in [2.05, 4.69) is 45.5 Å². The number of nitrogens with zero attached hydrogens (tertiary/aromatic N) is 3. The zero-order valence-corrected chi connectivity index (χ0v) is 18.4. The standard InChI is InChI=1S/C22H27N5O3S/c1-17-6-4-7-18(16-17)26-11-13-27(14-12-26)31(29,30)15-5-10-23-22(28)21-19-8-2-3-9-20(19)24-25-21/h2-4,6-9,16H,5,10-15H2,1H3,(H,23,28)(H,24,25). The molecule has 1 aliphatic heterocycles. The summed E-state index contributed by atoms with van der Waals surface area (Å²) in [4.78, 5) is 14.6. The van der Waals surface area contributed by atoms with Crippen LogP contribution in [0.15, 0.2) is 48.5 Å². The van der Waals surface area contributed by atoms with Gasteiger partial charge in [0.15, 0.2) is 5.69 Å². The van der Waals surface area contributed by atoms with Crippen molar-refractivity contribution in [1.29, 1.82) is 0 Å². The normalized spacial score (nSPS) is 15.3. The molecule has 31 heavy (non-hydrogen) atoms. The SMILES string of the molecule is Cc1cccc(N2CCN(S(=O)(=O)CCCNC(=O)c3n[nH]c4ccccc34)CC2)c1. The van der Waals surface area contributed by atoms with E-state index < -0.39 is 10.0 Å². The van der Waals surface area contributed by atoms with Gasteiger partial charge < -0.3 is 10.2 Å². The van der Waals surface area contributed by atoms with Crippen molar-refractivity contribution in [3.05, 3.63) is 59.8 Å². The Labute approximate surface area is 182 Å². The lowest BCUT2D eigenvalue weighted by Gasteiger charge is -2.35. The number of fused-ring (bicyclic) bond motifs is 1. The third kappa shape index (κ3) is 4.88. The quantitative estimate of drug-likeness (QED) is 0.548. The van der Waals surface area contributed by atoms with Gasteiger partial charge in [0, 0.05) is 43.8 Å². The van der Waals surface area contributed by atoms with Crippen LogP contribution in [0.25, 0.3) is 10.9 Å². The molecule has 0 aliphatic carbocycles. The first-order valence-corrected chi connectivity index (χ1v) is 12.1. The molecule has 4 rings (SSSR count). The van der Waals surface area contributed by atoms with E-state index in [1.165, 1.54) is 5.56 Å². The van der Waals surface area contributed by atoms with E-state index in [0.29, 0.717) is 38.3 Å². The summed E-state index contributed by atoms with van der Waals surface area (Å²) >= 11 is 0. The maximum Gasteiger partial charge on any atom is 0.272 e. The number of anilines is 1. The van der Waals surface area contributed by atoms with Gasteiger partial charge in [0.25, 0.3) is 5.91 Å². The second-order valence-corrected chi connectivity index (χ2v) is 9.86. The molecule has 1 saturated heterocycles. The van der Waals surface area contributed by atoms with Crippen molar-refractivity contribution in [3.63, 3.8) is 0 Å². The molecule has 2 N–H and O–H groups in total. The number of para-hydroxylation sites is 1. The minimum Gasteiger partial charge on any atom is -0.369 e. The van der Waals surface area contributed by atoms with Crippen LogP contribution < -0.4 is 10.2 Å². The Morgan fingerprint density at radius 2 is 1.87 bits per heavy atom. The van der Waals surface area contributed by atoms with E-state index in [4.69, 9.17) is 0 Å². The second kappa shape index (κ2) is 9.07. The van der Waals surface area contributed by atoms with E-state index in [1.807, 2.05) is 30.3 Å². The minimum atomic E-state index is -3.35. The molecule has 2 heterocycles. The number of hydrogen-bond acceptors (Lipinski definition) is 5. The van der Waals surface area contributed by atoms with Gasteiger partial charge in [-0.25, -0.2) is 8.42 Å². The Balaban J connectivity index is 1.25. The Hall–Kier alpha value is -2.91. The highest BCUT2D eigenvalue weighted by Gasteiger charge is 2.26. The summed E-state index contributed by atoms with van der Waals surface area (Å²) in [5, 5.41) is 10.4. The Morgan fingerprint density at radius 1 is 1.10 bits per heavy atom. The van der Waals surface area contributed by atoms with Crippen molar-refractivity contribution in [2.24, 2.45) is 0 Å². The number of aromatic nitrogens is 2. The van der Waals surface area contributed by atoms with E-state index in [1.54, 1.807) is 4.31 Å². The predicted molar refractivity (Wildman–Crippen MR) is 122 cm³/mol. The molecule has 3 aromatic rings. The number of piperazine rings is 1. The molecular formula is C22H27N5O3S. The topological polar surface area (TPSA) is 98.4 Å². The number of carbonyl (C=O) groups excluding carboxylic acids is 1. The first kappa shape index (κ1) is 21.3. The second-order valence-electron chi connectivity index (χ2n) is 7.77. The van der Waals surface area contributed by atoms with Crippen LogP contribution >= 0.6 is 0 Å². The summed E-state index contributed by atoms with van der Waals surface area (Å²) < 4.78 is 27.0. The highest BCUT2D eigenvalue weighted by molar-refractivity contribution is 7.89. The number of nitrogens with one attached hydrogen (secondary N) is 2. The first-order chi connectivity index (χ1) is 14.9. The molecule has 1 fully saturated rings. The van der Waals surface area contributed by atoms with Gasteiger partial charge in [0.2, 0.25) is 10.0 Å². The Morgan fingerprint density at radius 3 is 2.65 bits per heavy atom. The lowest BCUT2D eigenvalue weighted by Crippen LogP contribution is -2.49. The van der Waals surface area contributed by atoms with E-state index in [9.17, 15) is 13.2 Å². The fourth-order valence-electron chi connectivity index (χ4n) is 3.85. The monoisotopic (exact) mass is 441 g/mol. The zero-order chi connectivity index (χ0) is 21.8. The Kier molecular flexibility index (Phi) is 6.24. The van der Waals surface area contributed by atoms with Gasteiger partial charge in [-0.1, -0.05) is 30.3 Å². The molecule has 0 unspecified atom stereocenters. The number of benzene rings is 2. The van der Waals surface area contributed by atoms with Crippen LogP contribution in [0.2, 0.25) is 0 Å². The highest BCUT2D eigenvalue weighted by atomic mass is 32.2. The number of H-pyrrole nitrogens is 1.